The summed E-state index contributed by atoms with van der Waals surface area (Å²) < 4.78 is 5.21. The highest BCUT2D eigenvalue weighted by Gasteiger charge is 2.10. The molecule has 0 aliphatic heterocycles. The van der Waals surface area contributed by atoms with Crippen LogP contribution in [0.3, 0.4) is 0 Å². The van der Waals surface area contributed by atoms with Gasteiger partial charge in [0.25, 0.3) is 0 Å². The number of aldehydes is 1. The number of hydrogen-bond donors (Lipinski definition) is 0. The summed E-state index contributed by atoms with van der Waals surface area (Å²) in [5.41, 5.74) is 4.52. The maximum absolute atomic E-state index is 10.9. The summed E-state index contributed by atoms with van der Waals surface area (Å²) >= 11 is 0. The lowest BCUT2D eigenvalue weighted by atomic mass is 10.1. The summed E-state index contributed by atoms with van der Waals surface area (Å²) in [6.07, 6.45) is 0.816. The lowest BCUT2D eigenvalue weighted by Gasteiger charge is -2.07. The molecule has 0 saturated heterocycles. The molecule has 0 bridgehead atoms. The van der Waals surface area contributed by atoms with Crippen LogP contribution in [0.1, 0.15) is 15.9 Å². The highest BCUT2D eigenvalue weighted by atomic mass is 28.3. The summed E-state index contributed by atoms with van der Waals surface area (Å²) in [5, 5.41) is 0. The Hall–Kier alpha value is -1.53. The second-order valence-electron chi connectivity index (χ2n) is 4.54. The molecule has 0 heterocycles. The number of carbonyl (C=O) groups excluding carboxylic acids is 1. The smallest absolute Gasteiger partial charge is 0.151 e. The van der Waals surface area contributed by atoms with E-state index >= 15 is 0 Å². The van der Waals surface area contributed by atoms with E-state index in [0.717, 1.165) is 6.29 Å². The van der Waals surface area contributed by atoms with E-state index in [1.807, 2.05) is 6.07 Å². The van der Waals surface area contributed by atoms with Gasteiger partial charge in [-0.2, -0.15) is 0 Å². The van der Waals surface area contributed by atoms with Gasteiger partial charge in [0.05, 0.1) is 12.7 Å². The molecule has 84 valence electrons. The lowest BCUT2D eigenvalue weighted by molar-refractivity contribution is 0.112. The number of carbonyl (C=O) groups is 1. The van der Waals surface area contributed by atoms with E-state index in [1.54, 1.807) is 19.2 Å². The molecule has 0 aromatic heterocycles. The Morgan fingerprint density at radius 3 is 2.50 bits per heavy atom. The molecule has 1 aromatic rings. The molecule has 1 aromatic carbocycles. The predicted molar refractivity (Wildman–Crippen MR) is 68.6 cm³/mol. The number of hydrogen-bond acceptors (Lipinski definition) is 2. The molecular formula is C13H16O2Si. The monoisotopic (exact) mass is 232 g/mol. The van der Waals surface area contributed by atoms with Crippen molar-refractivity contribution in [1.82, 2.24) is 0 Å². The molecule has 0 atom stereocenters. The third-order valence-electron chi connectivity index (χ3n) is 1.97. The van der Waals surface area contributed by atoms with Crippen molar-refractivity contribution in [3.8, 4) is 17.2 Å². The third kappa shape index (κ3) is 3.25. The van der Waals surface area contributed by atoms with E-state index in [2.05, 4.69) is 31.1 Å². The van der Waals surface area contributed by atoms with Crippen LogP contribution in [0.2, 0.25) is 19.6 Å². The minimum absolute atomic E-state index is 0.588. The molecule has 0 radical (unpaired) electrons. The van der Waals surface area contributed by atoms with Crippen molar-refractivity contribution >= 4 is 14.4 Å². The Labute approximate surface area is 97.6 Å². The van der Waals surface area contributed by atoms with Crippen molar-refractivity contribution in [3.05, 3.63) is 29.3 Å². The second kappa shape index (κ2) is 5.00. The number of rotatable bonds is 2. The Morgan fingerprint density at radius 2 is 2.00 bits per heavy atom. The summed E-state index contributed by atoms with van der Waals surface area (Å²) in [5.74, 6) is 3.74. The van der Waals surface area contributed by atoms with Crippen molar-refractivity contribution in [1.29, 1.82) is 0 Å². The topological polar surface area (TPSA) is 26.3 Å². The first kappa shape index (κ1) is 12.5. The van der Waals surface area contributed by atoms with Gasteiger partial charge in [-0.25, -0.2) is 0 Å². The fraction of sp³-hybridized carbons (Fsp3) is 0.308. The lowest BCUT2D eigenvalue weighted by Crippen LogP contribution is -2.16. The zero-order chi connectivity index (χ0) is 12.2. The van der Waals surface area contributed by atoms with Crippen LogP contribution >= 0.6 is 0 Å². The highest BCUT2D eigenvalue weighted by Crippen LogP contribution is 2.20. The van der Waals surface area contributed by atoms with Gasteiger partial charge in [0.2, 0.25) is 0 Å². The average Bonchev–Trinajstić information content (AvgIpc) is 2.24. The maximum Gasteiger partial charge on any atom is 0.151 e. The quantitative estimate of drug-likeness (QED) is 0.445. The Kier molecular flexibility index (Phi) is 3.91. The maximum atomic E-state index is 10.9. The predicted octanol–water partition coefficient (Wildman–Crippen LogP) is 2.74. The van der Waals surface area contributed by atoms with E-state index in [9.17, 15) is 4.79 Å². The molecule has 0 fully saturated rings. The van der Waals surface area contributed by atoms with E-state index in [4.69, 9.17) is 4.74 Å². The average molecular weight is 232 g/mol. The molecular weight excluding hydrogens is 216 g/mol. The second-order valence-corrected chi connectivity index (χ2v) is 9.29. The van der Waals surface area contributed by atoms with Crippen LogP contribution in [0, 0.1) is 11.5 Å². The zero-order valence-electron chi connectivity index (χ0n) is 10.1. The molecule has 0 aliphatic rings. The van der Waals surface area contributed by atoms with E-state index in [-0.39, 0.29) is 0 Å². The van der Waals surface area contributed by atoms with Crippen LogP contribution in [-0.4, -0.2) is 21.5 Å². The van der Waals surface area contributed by atoms with Gasteiger partial charge >= 0.3 is 0 Å². The molecule has 0 aliphatic carbocycles. The molecule has 0 spiro atoms. The number of benzene rings is 1. The summed E-state index contributed by atoms with van der Waals surface area (Å²) in [6, 6.07) is 5.37. The molecule has 16 heavy (non-hydrogen) atoms. The molecule has 0 saturated carbocycles. The Balaban J connectivity index is 3.28. The van der Waals surface area contributed by atoms with Gasteiger partial charge in [-0.15, -0.1) is 5.54 Å². The van der Waals surface area contributed by atoms with Crippen LogP contribution in [0.4, 0.5) is 0 Å². The summed E-state index contributed by atoms with van der Waals surface area (Å²) in [6.45, 7) is 6.49. The normalized spacial score (nSPS) is 10.2. The Bertz CT molecular complexity index is 447. The Morgan fingerprint density at radius 1 is 1.31 bits per heavy atom. The summed E-state index contributed by atoms with van der Waals surface area (Å²) in [4.78, 5) is 10.9. The van der Waals surface area contributed by atoms with Gasteiger partial charge in [0, 0.05) is 5.56 Å². The van der Waals surface area contributed by atoms with Crippen molar-refractivity contribution in [2.45, 2.75) is 19.6 Å². The van der Waals surface area contributed by atoms with Gasteiger partial charge in [0.15, 0.2) is 6.29 Å². The van der Waals surface area contributed by atoms with Crippen molar-refractivity contribution in [2.24, 2.45) is 0 Å². The van der Waals surface area contributed by atoms with Gasteiger partial charge in [0.1, 0.15) is 13.8 Å². The third-order valence-corrected chi connectivity index (χ3v) is 2.84. The van der Waals surface area contributed by atoms with Gasteiger partial charge in [-0.3, -0.25) is 4.79 Å². The van der Waals surface area contributed by atoms with Gasteiger partial charge in [-0.1, -0.05) is 37.7 Å². The SMILES string of the molecule is COc1cccc(C=O)c1C#C[Si](C)(C)C. The minimum atomic E-state index is -1.44. The number of methoxy groups -OCH3 is 1. The highest BCUT2D eigenvalue weighted by molar-refractivity contribution is 6.83. The van der Waals surface area contributed by atoms with Gasteiger partial charge in [-0.05, 0) is 6.07 Å². The van der Waals surface area contributed by atoms with Crippen molar-refractivity contribution in [3.63, 3.8) is 0 Å². The summed E-state index contributed by atoms with van der Waals surface area (Å²) in [7, 11) is 0.143. The van der Waals surface area contributed by atoms with Crippen LogP contribution in [0.15, 0.2) is 18.2 Å². The molecule has 0 N–H and O–H groups in total. The van der Waals surface area contributed by atoms with Crippen LogP contribution in [-0.2, 0) is 0 Å². The first-order valence-corrected chi connectivity index (χ1v) is 8.63. The fourth-order valence-electron chi connectivity index (χ4n) is 1.20. The van der Waals surface area contributed by atoms with E-state index in [0.29, 0.717) is 16.9 Å². The first-order chi connectivity index (χ1) is 7.48. The number of ether oxygens (including phenoxy) is 1. The van der Waals surface area contributed by atoms with E-state index < -0.39 is 8.07 Å². The zero-order valence-corrected chi connectivity index (χ0v) is 11.1. The van der Waals surface area contributed by atoms with Crippen molar-refractivity contribution in [2.75, 3.05) is 7.11 Å². The van der Waals surface area contributed by atoms with Crippen molar-refractivity contribution < 1.29 is 9.53 Å². The molecule has 0 unspecified atom stereocenters. The molecule has 2 nitrogen and oxygen atoms in total. The molecule has 3 heteroatoms. The van der Waals surface area contributed by atoms with Gasteiger partial charge < -0.3 is 4.74 Å². The van der Waals surface area contributed by atoms with Crippen LogP contribution < -0.4 is 4.74 Å². The minimum Gasteiger partial charge on any atom is -0.495 e. The molecule has 1 rings (SSSR count). The standard InChI is InChI=1S/C13H16O2Si/c1-15-13-7-5-6-11(10-14)12(13)8-9-16(2,3)4/h5-7,10H,1-4H3. The fourth-order valence-corrected chi connectivity index (χ4v) is 1.70. The first-order valence-electron chi connectivity index (χ1n) is 5.13. The van der Waals surface area contributed by atoms with Crippen LogP contribution in [0.5, 0.6) is 5.75 Å². The van der Waals surface area contributed by atoms with E-state index in [1.165, 1.54) is 0 Å². The molecule has 0 amide bonds. The van der Waals surface area contributed by atoms with Crippen LogP contribution in [0.25, 0.3) is 0 Å². The largest absolute Gasteiger partial charge is 0.495 e.